The van der Waals surface area contributed by atoms with Crippen molar-refractivity contribution in [2.75, 3.05) is 0 Å². The lowest BCUT2D eigenvalue weighted by Crippen LogP contribution is -1.87. The van der Waals surface area contributed by atoms with Crippen LogP contribution in [0, 0.1) is 10.1 Å². The second-order valence-corrected chi connectivity index (χ2v) is 5.19. The van der Waals surface area contributed by atoms with E-state index in [9.17, 15) is 10.1 Å². The molecule has 0 radical (unpaired) electrons. The lowest BCUT2D eigenvalue weighted by molar-refractivity contribution is -0.384. The fourth-order valence-corrected chi connectivity index (χ4v) is 2.34. The number of non-ortho nitro benzene ring substituents is 1. The van der Waals surface area contributed by atoms with Crippen LogP contribution in [0.3, 0.4) is 0 Å². The molecule has 0 atom stereocenters. The number of benzene rings is 2. The highest BCUT2D eigenvalue weighted by Crippen LogP contribution is 2.30. The molecule has 8 heteroatoms. The highest BCUT2D eigenvalue weighted by atomic mass is 35.5. The van der Waals surface area contributed by atoms with E-state index in [0.717, 1.165) is 0 Å². The summed E-state index contributed by atoms with van der Waals surface area (Å²) in [6.45, 7) is 0. The van der Waals surface area contributed by atoms with Crippen molar-refractivity contribution in [1.29, 1.82) is 0 Å². The van der Waals surface area contributed by atoms with Crippen molar-refractivity contribution in [1.82, 2.24) is 10.1 Å². The normalized spacial score (nSPS) is 10.6. The lowest BCUT2D eigenvalue weighted by Gasteiger charge is -1.98. The molecule has 3 aromatic rings. The summed E-state index contributed by atoms with van der Waals surface area (Å²) < 4.78 is 5.17. The van der Waals surface area contributed by atoms with Crippen LogP contribution < -0.4 is 0 Å². The first kappa shape index (κ1) is 14.5. The van der Waals surface area contributed by atoms with Crippen molar-refractivity contribution in [3.05, 3.63) is 62.6 Å². The summed E-state index contributed by atoms with van der Waals surface area (Å²) in [6, 6.07) is 10.8. The summed E-state index contributed by atoms with van der Waals surface area (Å²) in [4.78, 5) is 14.4. The molecule has 0 saturated carbocycles. The smallest absolute Gasteiger partial charge is 0.269 e. The standard InChI is InChI=1S/C14H7Cl2N3O3/c15-9-3-6-11(12(16)7-9)13-17-14(22-18-13)8-1-4-10(5-2-8)19(20)21/h1-7H. The van der Waals surface area contributed by atoms with Gasteiger partial charge < -0.3 is 4.52 Å². The molecule has 3 rings (SSSR count). The Kier molecular flexibility index (Phi) is 3.79. The monoisotopic (exact) mass is 335 g/mol. The van der Waals surface area contributed by atoms with Gasteiger partial charge in [0.15, 0.2) is 0 Å². The molecule has 0 spiro atoms. The Morgan fingerprint density at radius 3 is 2.45 bits per heavy atom. The molecular formula is C14H7Cl2N3O3. The van der Waals surface area contributed by atoms with Gasteiger partial charge in [-0.3, -0.25) is 10.1 Å². The fraction of sp³-hybridized carbons (Fsp3) is 0. The second-order valence-electron chi connectivity index (χ2n) is 4.35. The predicted molar refractivity (Wildman–Crippen MR) is 81.8 cm³/mol. The zero-order valence-electron chi connectivity index (χ0n) is 10.9. The van der Waals surface area contributed by atoms with Crippen LogP contribution in [0.2, 0.25) is 10.0 Å². The summed E-state index contributed by atoms with van der Waals surface area (Å²) in [5.74, 6) is 0.561. The maximum absolute atomic E-state index is 10.6. The Hall–Kier alpha value is -2.44. The summed E-state index contributed by atoms with van der Waals surface area (Å²) in [5, 5.41) is 15.4. The fourth-order valence-electron chi connectivity index (χ4n) is 1.85. The Labute approximate surface area is 134 Å². The van der Waals surface area contributed by atoms with Crippen LogP contribution >= 0.6 is 23.2 Å². The van der Waals surface area contributed by atoms with Crippen molar-refractivity contribution in [2.45, 2.75) is 0 Å². The van der Waals surface area contributed by atoms with Gasteiger partial charge in [-0.15, -0.1) is 0 Å². The SMILES string of the molecule is O=[N+]([O-])c1ccc(-c2nc(-c3ccc(Cl)cc3Cl)no2)cc1. The Balaban J connectivity index is 1.95. The van der Waals surface area contributed by atoms with Gasteiger partial charge in [-0.25, -0.2) is 0 Å². The summed E-state index contributed by atoms with van der Waals surface area (Å²) in [7, 11) is 0. The Bertz CT molecular complexity index is 847. The van der Waals surface area contributed by atoms with Gasteiger partial charge in [0.25, 0.3) is 11.6 Å². The molecule has 1 aromatic heterocycles. The van der Waals surface area contributed by atoms with Crippen molar-refractivity contribution < 1.29 is 9.45 Å². The molecular weight excluding hydrogens is 329 g/mol. The van der Waals surface area contributed by atoms with Crippen molar-refractivity contribution in [2.24, 2.45) is 0 Å². The number of nitro benzene ring substituents is 1. The lowest BCUT2D eigenvalue weighted by atomic mass is 10.2. The van der Waals surface area contributed by atoms with Gasteiger partial charge in [0, 0.05) is 28.3 Å². The third kappa shape index (κ3) is 2.79. The minimum absolute atomic E-state index is 0.00997. The quantitative estimate of drug-likeness (QED) is 0.515. The minimum atomic E-state index is -0.476. The first-order valence-corrected chi connectivity index (χ1v) is 6.84. The van der Waals surface area contributed by atoms with E-state index in [0.29, 0.717) is 27.0 Å². The summed E-state index contributed by atoms with van der Waals surface area (Å²) >= 11 is 11.9. The van der Waals surface area contributed by atoms with Gasteiger partial charge in [0.05, 0.1) is 9.95 Å². The number of hydrogen-bond donors (Lipinski definition) is 0. The van der Waals surface area contributed by atoms with Crippen LogP contribution in [-0.4, -0.2) is 15.1 Å². The third-order valence-corrected chi connectivity index (χ3v) is 3.47. The molecule has 22 heavy (non-hydrogen) atoms. The largest absolute Gasteiger partial charge is 0.334 e. The summed E-state index contributed by atoms with van der Waals surface area (Å²) in [5.41, 5.74) is 1.15. The van der Waals surface area contributed by atoms with Crippen LogP contribution in [0.15, 0.2) is 47.0 Å². The van der Waals surface area contributed by atoms with Gasteiger partial charge in [-0.05, 0) is 30.3 Å². The molecule has 0 aliphatic rings. The van der Waals surface area contributed by atoms with Crippen molar-refractivity contribution in [3.63, 3.8) is 0 Å². The number of aromatic nitrogens is 2. The molecule has 0 unspecified atom stereocenters. The van der Waals surface area contributed by atoms with E-state index in [2.05, 4.69) is 10.1 Å². The topological polar surface area (TPSA) is 82.1 Å². The molecule has 0 fully saturated rings. The number of rotatable bonds is 3. The first-order chi connectivity index (χ1) is 10.5. The van der Waals surface area contributed by atoms with Crippen LogP contribution in [0.25, 0.3) is 22.8 Å². The molecule has 0 saturated heterocycles. The zero-order chi connectivity index (χ0) is 15.7. The summed E-state index contributed by atoms with van der Waals surface area (Å²) in [6.07, 6.45) is 0. The van der Waals surface area contributed by atoms with Gasteiger partial charge in [0.2, 0.25) is 5.82 Å². The van der Waals surface area contributed by atoms with E-state index in [4.69, 9.17) is 27.7 Å². The highest BCUT2D eigenvalue weighted by Gasteiger charge is 2.14. The first-order valence-electron chi connectivity index (χ1n) is 6.08. The van der Waals surface area contributed by atoms with E-state index in [1.807, 2.05) is 0 Å². The Morgan fingerprint density at radius 1 is 1.09 bits per heavy atom. The second kappa shape index (κ2) is 5.75. The predicted octanol–water partition coefficient (Wildman–Crippen LogP) is 4.62. The molecule has 1 heterocycles. The molecule has 0 aliphatic heterocycles. The number of nitrogens with zero attached hydrogens (tertiary/aromatic N) is 3. The molecule has 0 amide bonds. The molecule has 0 bridgehead atoms. The van der Waals surface area contributed by atoms with Gasteiger partial charge in [-0.2, -0.15) is 4.98 Å². The van der Waals surface area contributed by atoms with Crippen molar-refractivity contribution >= 4 is 28.9 Å². The third-order valence-electron chi connectivity index (χ3n) is 2.92. The number of hydrogen-bond acceptors (Lipinski definition) is 5. The zero-order valence-corrected chi connectivity index (χ0v) is 12.4. The van der Waals surface area contributed by atoms with Crippen LogP contribution in [-0.2, 0) is 0 Å². The highest BCUT2D eigenvalue weighted by molar-refractivity contribution is 6.36. The molecule has 2 aromatic carbocycles. The van der Waals surface area contributed by atoms with E-state index in [1.54, 1.807) is 30.3 Å². The number of halogens is 2. The average molecular weight is 336 g/mol. The van der Waals surface area contributed by atoms with Crippen LogP contribution in [0.1, 0.15) is 0 Å². The van der Waals surface area contributed by atoms with Crippen molar-refractivity contribution in [3.8, 4) is 22.8 Å². The molecule has 0 aliphatic carbocycles. The van der Waals surface area contributed by atoms with Crippen LogP contribution in [0.5, 0.6) is 0 Å². The van der Waals surface area contributed by atoms with Gasteiger partial charge in [-0.1, -0.05) is 28.4 Å². The van der Waals surface area contributed by atoms with E-state index in [-0.39, 0.29) is 11.6 Å². The Morgan fingerprint density at radius 2 is 1.82 bits per heavy atom. The molecule has 110 valence electrons. The number of nitro groups is 1. The van der Waals surface area contributed by atoms with E-state index < -0.39 is 4.92 Å². The molecule has 6 nitrogen and oxygen atoms in total. The van der Waals surface area contributed by atoms with E-state index in [1.165, 1.54) is 12.1 Å². The minimum Gasteiger partial charge on any atom is -0.334 e. The van der Waals surface area contributed by atoms with Gasteiger partial charge >= 0.3 is 0 Å². The average Bonchev–Trinajstić information content (AvgIpc) is 2.97. The van der Waals surface area contributed by atoms with Crippen LogP contribution in [0.4, 0.5) is 5.69 Å². The molecule has 0 N–H and O–H groups in total. The van der Waals surface area contributed by atoms with E-state index >= 15 is 0 Å². The maximum atomic E-state index is 10.6. The van der Waals surface area contributed by atoms with Gasteiger partial charge in [0.1, 0.15) is 0 Å². The maximum Gasteiger partial charge on any atom is 0.269 e.